The minimum Gasteiger partial charge on any atom is -0.0945 e. The van der Waals surface area contributed by atoms with Crippen molar-refractivity contribution in [2.75, 3.05) is 0 Å². The normalized spacial score (nSPS) is 25.8. The third kappa shape index (κ3) is 8.45. The Morgan fingerprint density at radius 3 is 2.09 bits per heavy atom. The second-order valence-electron chi connectivity index (χ2n) is 10.8. The van der Waals surface area contributed by atoms with E-state index in [1.54, 1.807) is 0 Å². The molecule has 2 aliphatic rings. The van der Waals surface area contributed by atoms with Crippen LogP contribution >= 0.6 is 11.6 Å². The van der Waals surface area contributed by atoms with Gasteiger partial charge in [0.25, 0.3) is 0 Å². The first kappa shape index (κ1) is 25.7. The van der Waals surface area contributed by atoms with Crippen LogP contribution in [-0.2, 0) is 6.42 Å². The first-order valence-corrected chi connectivity index (χ1v) is 14.4. The monoisotopic (exact) mass is 454 g/mol. The molecule has 0 nitrogen and oxygen atoms in total. The molecule has 0 aliphatic heterocycles. The molecular weight excluding hydrogens is 408 g/mol. The lowest BCUT2D eigenvalue weighted by Crippen LogP contribution is -2.25. The van der Waals surface area contributed by atoms with Gasteiger partial charge in [-0.25, -0.2) is 0 Å². The summed E-state index contributed by atoms with van der Waals surface area (Å²) in [6.07, 6.45) is 23.5. The maximum atomic E-state index is 6.52. The molecule has 3 rings (SSSR count). The van der Waals surface area contributed by atoms with Gasteiger partial charge in [0.15, 0.2) is 0 Å². The van der Waals surface area contributed by atoms with Crippen molar-refractivity contribution in [2.45, 2.75) is 123 Å². The highest BCUT2D eigenvalue weighted by Crippen LogP contribution is 2.42. The summed E-state index contributed by atoms with van der Waals surface area (Å²) in [5, 5.41) is 0.901. The number of benzene rings is 1. The van der Waals surface area contributed by atoms with Crippen molar-refractivity contribution in [1.82, 2.24) is 0 Å². The number of rotatable bonds is 10. The van der Waals surface area contributed by atoms with Crippen LogP contribution in [0.2, 0.25) is 5.02 Å². The molecular formula is C31H47Cl. The van der Waals surface area contributed by atoms with E-state index in [1.165, 1.54) is 108 Å². The molecule has 1 aromatic carbocycles. The predicted molar refractivity (Wildman–Crippen MR) is 141 cm³/mol. The fraction of sp³-hybridized carbons (Fsp3) is 0.742. The fourth-order valence-electron chi connectivity index (χ4n) is 6.12. The van der Waals surface area contributed by atoms with Gasteiger partial charge < -0.3 is 0 Å². The van der Waals surface area contributed by atoms with E-state index in [0.717, 1.165) is 34.8 Å². The van der Waals surface area contributed by atoms with Crippen LogP contribution in [0.5, 0.6) is 0 Å². The highest BCUT2D eigenvalue weighted by atomic mass is 35.5. The van der Waals surface area contributed by atoms with Gasteiger partial charge in [0.2, 0.25) is 0 Å². The zero-order chi connectivity index (χ0) is 22.6. The maximum absolute atomic E-state index is 6.52. The number of unbranched alkanes of at least 4 members (excludes halogenated alkanes) is 5. The van der Waals surface area contributed by atoms with Gasteiger partial charge in [0, 0.05) is 16.5 Å². The summed E-state index contributed by atoms with van der Waals surface area (Å²) >= 11 is 6.52. The van der Waals surface area contributed by atoms with Crippen LogP contribution in [0.4, 0.5) is 0 Å². The third-order valence-corrected chi connectivity index (χ3v) is 8.67. The average molecular weight is 455 g/mol. The minimum absolute atomic E-state index is 0.587. The molecule has 0 radical (unpaired) electrons. The lowest BCUT2D eigenvalue weighted by atomic mass is 9.69. The molecule has 1 heteroatoms. The molecule has 0 unspecified atom stereocenters. The summed E-state index contributed by atoms with van der Waals surface area (Å²) in [5.74, 6) is 10.6. The average Bonchev–Trinajstić information content (AvgIpc) is 2.83. The second kappa shape index (κ2) is 14.4. The van der Waals surface area contributed by atoms with Crippen LogP contribution in [-0.4, -0.2) is 0 Å². The van der Waals surface area contributed by atoms with E-state index in [2.05, 4.69) is 43.9 Å². The summed E-state index contributed by atoms with van der Waals surface area (Å²) in [6.45, 7) is 4.56. The Morgan fingerprint density at radius 1 is 0.781 bits per heavy atom. The Hall–Kier alpha value is -0.930. The van der Waals surface area contributed by atoms with Crippen LogP contribution in [0.25, 0.3) is 0 Å². The lowest BCUT2D eigenvalue weighted by Gasteiger charge is -2.37. The highest BCUT2D eigenvalue weighted by molar-refractivity contribution is 6.31. The predicted octanol–water partition coefficient (Wildman–Crippen LogP) is 10.0. The Bertz CT molecular complexity index is 708. The quantitative estimate of drug-likeness (QED) is 0.243. The number of aryl methyl sites for hydroxylation is 1. The van der Waals surface area contributed by atoms with Crippen molar-refractivity contribution in [1.29, 1.82) is 0 Å². The largest absolute Gasteiger partial charge is 0.0945 e. The van der Waals surface area contributed by atoms with E-state index < -0.39 is 0 Å². The summed E-state index contributed by atoms with van der Waals surface area (Å²) in [7, 11) is 0. The molecule has 0 atom stereocenters. The molecule has 2 saturated carbocycles. The first-order valence-electron chi connectivity index (χ1n) is 14.0. The first-order chi connectivity index (χ1) is 15.7. The fourth-order valence-corrected chi connectivity index (χ4v) is 6.40. The molecule has 178 valence electrons. The zero-order valence-corrected chi connectivity index (χ0v) is 21.7. The van der Waals surface area contributed by atoms with Crippen LogP contribution < -0.4 is 0 Å². The Morgan fingerprint density at radius 2 is 1.44 bits per heavy atom. The van der Waals surface area contributed by atoms with Gasteiger partial charge in [-0.05, 0) is 86.8 Å². The number of hydrogen-bond acceptors (Lipinski definition) is 0. The molecule has 1 aromatic rings. The van der Waals surface area contributed by atoms with Gasteiger partial charge in [-0.1, -0.05) is 101 Å². The molecule has 0 heterocycles. The highest BCUT2D eigenvalue weighted by Gasteiger charge is 2.30. The van der Waals surface area contributed by atoms with Crippen molar-refractivity contribution in [3.63, 3.8) is 0 Å². The van der Waals surface area contributed by atoms with Gasteiger partial charge in [0.05, 0.1) is 0 Å². The van der Waals surface area contributed by atoms with Gasteiger partial charge in [-0.2, -0.15) is 0 Å². The van der Waals surface area contributed by atoms with E-state index in [9.17, 15) is 0 Å². The second-order valence-corrected chi connectivity index (χ2v) is 11.2. The molecule has 0 aromatic heterocycles. The van der Waals surface area contributed by atoms with Crippen LogP contribution in [0, 0.1) is 35.5 Å². The van der Waals surface area contributed by atoms with Crippen molar-refractivity contribution < 1.29 is 0 Å². The maximum Gasteiger partial charge on any atom is 0.0450 e. The number of hydrogen-bond donors (Lipinski definition) is 0. The van der Waals surface area contributed by atoms with Crippen molar-refractivity contribution in [2.24, 2.45) is 23.7 Å². The van der Waals surface area contributed by atoms with E-state index in [1.807, 2.05) is 0 Å². The minimum atomic E-state index is 0.587. The zero-order valence-electron chi connectivity index (χ0n) is 20.9. The van der Waals surface area contributed by atoms with E-state index in [-0.39, 0.29) is 0 Å². The summed E-state index contributed by atoms with van der Waals surface area (Å²) in [5.41, 5.74) is 2.37. The summed E-state index contributed by atoms with van der Waals surface area (Å²) < 4.78 is 0. The SMILES string of the molecule is CCCCCC[C@H]1CC[C@H]([C@H]2CC[C@H](C#Cc3ccc(CCCCC)c(Cl)c3)CC2)CC1. The summed E-state index contributed by atoms with van der Waals surface area (Å²) in [4.78, 5) is 0. The standard InChI is InChI=1S/C31H47Cl/c1-3-5-7-9-10-25-14-19-28(20-15-25)29-21-16-26(17-22-29)12-13-27-18-23-30(31(32)24-27)11-8-6-4-2/h18,23-26,28-29H,3-11,14-17,19-22H2,1-2H3/t25-,26-,28-,29-. The Kier molecular flexibility index (Phi) is 11.5. The van der Waals surface area contributed by atoms with Crippen LogP contribution in [0.1, 0.15) is 128 Å². The van der Waals surface area contributed by atoms with E-state index in [0.29, 0.717) is 5.92 Å². The molecule has 0 bridgehead atoms. The van der Waals surface area contributed by atoms with Crippen LogP contribution in [0.15, 0.2) is 18.2 Å². The van der Waals surface area contributed by atoms with Crippen molar-refractivity contribution in [3.8, 4) is 11.8 Å². The Balaban J connectivity index is 1.38. The molecule has 32 heavy (non-hydrogen) atoms. The lowest BCUT2D eigenvalue weighted by molar-refractivity contribution is 0.153. The van der Waals surface area contributed by atoms with E-state index in [4.69, 9.17) is 11.6 Å². The Labute approximate surface area is 204 Å². The molecule has 0 N–H and O–H groups in total. The third-order valence-electron chi connectivity index (χ3n) is 8.32. The molecule has 2 fully saturated rings. The molecule has 0 saturated heterocycles. The van der Waals surface area contributed by atoms with Crippen molar-refractivity contribution >= 4 is 11.6 Å². The van der Waals surface area contributed by atoms with Gasteiger partial charge in [-0.3, -0.25) is 0 Å². The molecule has 2 aliphatic carbocycles. The smallest absolute Gasteiger partial charge is 0.0450 e. The van der Waals surface area contributed by atoms with E-state index >= 15 is 0 Å². The van der Waals surface area contributed by atoms with Crippen molar-refractivity contribution in [3.05, 3.63) is 34.3 Å². The molecule has 0 amide bonds. The topological polar surface area (TPSA) is 0 Å². The van der Waals surface area contributed by atoms with Gasteiger partial charge in [-0.15, -0.1) is 0 Å². The van der Waals surface area contributed by atoms with Gasteiger partial charge >= 0.3 is 0 Å². The van der Waals surface area contributed by atoms with Gasteiger partial charge in [0.1, 0.15) is 0 Å². The number of halogens is 1. The van der Waals surface area contributed by atoms with Crippen LogP contribution in [0.3, 0.4) is 0 Å². The molecule has 0 spiro atoms. The summed E-state index contributed by atoms with van der Waals surface area (Å²) in [6, 6.07) is 6.45.